The minimum atomic E-state index is -0.244. The molecule has 0 aliphatic carbocycles. The summed E-state index contributed by atoms with van der Waals surface area (Å²) in [6.45, 7) is 10.1. The zero-order chi connectivity index (χ0) is 26.1. The minimum Gasteiger partial charge on any atom is -0.306 e. The first-order valence-electron chi connectivity index (χ1n) is 13.8. The zero-order valence-corrected chi connectivity index (χ0v) is 22.3. The summed E-state index contributed by atoms with van der Waals surface area (Å²) < 4.78 is 3.47. The molecule has 2 fully saturated rings. The molecule has 0 atom stereocenters. The van der Waals surface area contributed by atoms with Crippen LogP contribution in [-0.2, 0) is 0 Å². The highest BCUT2D eigenvalue weighted by Crippen LogP contribution is 2.32. The van der Waals surface area contributed by atoms with Crippen molar-refractivity contribution in [3.8, 4) is 5.69 Å². The third kappa shape index (κ3) is 4.96. The van der Waals surface area contributed by atoms with Crippen molar-refractivity contribution in [2.75, 3.05) is 38.0 Å². The number of anilines is 1. The number of nitrogens with zero attached hydrogens (tertiary/aromatic N) is 7. The van der Waals surface area contributed by atoms with Gasteiger partial charge in [0.1, 0.15) is 11.4 Å². The predicted molar refractivity (Wildman–Crippen MR) is 148 cm³/mol. The Labute approximate surface area is 223 Å². The summed E-state index contributed by atoms with van der Waals surface area (Å²) in [5.41, 5.74) is 4.12. The van der Waals surface area contributed by atoms with Gasteiger partial charge >= 0.3 is 0 Å². The number of hydrogen-bond donors (Lipinski definition) is 1. The van der Waals surface area contributed by atoms with Crippen molar-refractivity contribution in [3.63, 3.8) is 0 Å². The highest BCUT2D eigenvalue weighted by Gasteiger charge is 2.30. The van der Waals surface area contributed by atoms with Crippen LogP contribution in [0.15, 0.2) is 55.0 Å². The Morgan fingerprint density at radius 1 is 1.05 bits per heavy atom. The number of nitrogens with one attached hydrogen (secondary N) is 1. The molecule has 6 rings (SSSR count). The Hall–Kier alpha value is -3.56. The van der Waals surface area contributed by atoms with Gasteiger partial charge in [-0.05, 0) is 83.5 Å². The molecule has 2 saturated heterocycles. The lowest BCUT2D eigenvalue weighted by atomic mass is 9.91. The molecule has 0 unspecified atom stereocenters. The van der Waals surface area contributed by atoms with Crippen LogP contribution in [0.2, 0.25) is 0 Å². The molecule has 4 aromatic rings. The lowest BCUT2D eigenvalue weighted by molar-refractivity contribution is 0.0890. The van der Waals surface area contributed by atoms with Crippen LogP contribution < -0.4 is 5.32 Å². The van der Waals surface area contributed by atoms with Gasteiger partial charge in [-0.2, -0.15) is 10.2 Å². The van der Waals surface area contributed by atoms with E-state index in [2.05, 4.69) is 57.2 Å². The molecule has 2 aliphatic rings. The zero-order valence-electron chi connectivity index (χ0n) is 22.3. The average molecular weight is 513 g/mol. The fourth-order valence-corrected chi connectivity index (χ4v) is 5.90. The Balaban J connectivity index is 1.21. The molecule has 1 amide bonds. The summed E-state index contributed by atoms with van der Waals surface area (Å²) in [5, 5.41) is 12.4. The molecule has 5 heterocycles. The number of aryl methyl sites for hydroxylation is 1. The first-order chi connectivity index (χ1) is 18.6. The molecule has 2 aliphatic heterocycles. The fourth-order valence-electron chi connectivity index (χ4n) is 5.90. The summed E-state index contributed by atoms with van der Waals surface area (Å²) in [5.74, 6) is 0.799. The molecule has 1 aromatic carbocycles. The van der Waals surface area contributed by atoms with Crippen molar-refractivity contribution >= 4 is 17.4 Å². The molecule has 1 N–H and O–H groups in total. The van der Waals surface area contributed by atoms with Crippen molar-refractivity contribution in [2.24, 2.45) is 0 Å². The van der Waals surface area contributed by atoms with Crippen LogP contribution in [0.4, 0.5) is 5.82 Å². The van der Waals surface area contributed by atoms with E-state index in [0.717, 1.165) is 43.9 Å². The number of likely N-dealkylation sites (tertiary alicyclic amines) is 2. The van der Waals surface area contributed by atoms with Crippen LogP contribution >= 0.6 is 0 Å². The van der Waals surface area contributed by atoms with E-state index in [1.165, 1.54) is 31.5 Å². The topological polar surface area (TPSA) is 83.6 Å². The average Bonchev–Trinajstić information content (AvgIpc) is 3.58. The van der Waals surface area contributed by atoms with Gasteiger partial charge in [0.15, 0.2) is 5.65 Å². The summed E-state index contributed by atoms with van der Waals surface area (Å²) >= 11 is 0. The van der Waals surface area contributed by atoms with E-state index in [-0.39, 0.29) is 5.91 Å². The Morgan fingerprint density at radius 3 is 2.55 bits per heavy atom. The Kier molecular flexibility index (Phi) is 6.95. The van der Waals surface area contributed by atoms with E-state index in [9.17, 15) is 4.79 Å². The number of fused-ring (bicyclic) bond motifs is 1. The second-order valence-corrected chi connectivity index (χ2v) is 10.6. The molecular weight excluding hydrogens is 476 g/mol. The molecule has 0 radical (unpaired) electrons. The first-order valence-corrected chi connectivity index (χ1v) is 13.8. The quantitative estimate of drug-likeness (QED) is 0.418. The van der Waals surface area contributed by atoms with Crippen molar-refractivity contribution in [1.29, 1.82) is 0 Å². The van der Waals surface area contributed by atoms with Crippen LogP contribution in [-0.4, -0.2) is 78.9 Å². The van der Waals surface area contributed by atoms with E-state index < -0.39 is 0 Å². The van der Waals surface area contributed by atoms with Gasteiger partial charge in [-0.15, -0.1) is 0 Å². The highest BCUT2D eigenvalue weighted by molar-refractivity contribution is 6.07. The van der Waals surface area contributed by atoms with Crippen molar-refractivity contribution < 1.29 is 4.79 Å². The van der Waals surface area contributed by atoms with Crippen LogP contribution in [0.1, 0.15) is 60.1 Å². The maximum absolute atomic E-state index is 13.3. The third-order valence-corrected chi connectivity index (χ3v) is 8.24. The maximum Gasteiger partial charge on any atom is 0.262 e. The minimum absolute atomic E-state index is 0.244. The lowest BCUT2D eigenvalue weighted by Crippen LogP contribution is -2.47. The summed E-state index contributed by atoms with van der Waals surface area (Å²) in [7, 11) is 0. The van der Waals surface area contributed by atoms with Crippen LogP contribution in [0.3, 0.4) is 0 Å². The van der Waals surface area contributed by atoms with E-state index >= 15 is 0 Å². The summed E-state index contributed by atoms with van der Waals surface area (Å²) in [6, 6.07) is 12.8. The van der Waals surface area contributed by atoms with E-state index in [0.29, 0.717) is 29.0 Å². The molecule has 0 bridgehead atoms. The third-order valence-electron chi connectivity index (χ3n) is 8.24. The van der Waals surface area contributed by atoms with Gasteiger partial charge in [-0.1, -0.05) is 24.6 Å². The monoisotopic (exact) mass is 512 g/mol. The van der Waals surface area contributed by atoms with Crippen LogP contribution in [0, 0.1) is 6.92 Å². The molecule has 3 aromatic heterocycles. The van der Waals surface area contributed by atoms with Gasteiger partial charge in [0.2, 0.25) is 0 Å². The standard InChI is InChI=1S/C29H36N8O/c1-3-34-15-11-23(12-16-34)35-17-9-22(10-18-35)26-19-27(37(33-26)24-7-5-21(2)6-8-24)32-29(38)25-20-31-36-14-4-13-30-28(25)36/h4-8,13-14,19-20,22-23H,3,9-12,15-18H2,1-2H3,(H,32,38). The number of amides is 1. The normalized spacial score (nSPS) is 18.3. The Morgan fingerprint density at radius 2 is 1.82 bits per heavy atom. The second-order valence-electron chi connectivity index (χ2n) is 10.6. The van der Waals surface area contributed by atoms with Gasteiger partial charge < -0.3 is 15.1 Å². The smallest absolute Gasteiger partial charge is 0.262 e. The van der Waals surface area contributed by atoms with E-state index in [1.54, 1.807) is 29.2 Å². The number of aromatic nitrogens is 5. The number of benzene rings is 1. The molecule has 38 heavy (non-hydrogen) atoms. The number of hydrogen-bond acceptors (Lipinski definition) is 6. The predicted octanol–water partition coefficient (Wildman–Crippen LogP) is 4.14. The summed E-state index contributed by atoms with van der Waals surface area (Å²) in [6.07, 6.45) is 9.74. The molecule has 0 saturated carbocycles. The SMILES string of the molecule is CCN1CCC(N2CCC(c3cc(NC(=O)c4cnn5cccnc45)n(-c4ccc(C)cc4)n3)CC2)CC1. The molecule has 9 heteroatoms. The Bertz CT molecular complexity index is 1390. The van der Waals surface area contributed by atoms with Crippen molar-refractivity contribution in [1.82, 2.24) is 34.2 Å². The largest absolute Gasteiger partial charge is 0.306 e. The van der Waals surface area contributed by atoms with E-state index in [4.69, 9.17) is 5.10 Å². The molecule has 198 valence electrons. The molecule has 0 spiro atoms. The van der Waals surface area contributed by atoms with Crippen LogP contribution in [0.25, 0.3) is 11.3 Å². The maximum atomic E-state index is 13.3. The number of carbonyl (C=O) groups excluding carboxylic acids is 1. The van der Waals surface area contributed by atoms with Crippen molar-refractivity contribution in [3.05, 3.63) is 71.8 Å². The number of carbonyl (C=O) groups is 1. The number of piperidine rings is 2. The van der Waals surface area contributed by atoms with Gasteiger partial charge in [0, 0.05) is 30.4 Å². The van der Waals surface area contributed by atoms with Gasteiger partial charge in [0.05, 0.1) is 17.6 Å². The number of rotatable bonds is 6. The van der Waals surface area contributed by atoms with Gasteiger partial charge in [-0.3, -0.25) is 4.79 Å². The van der Waals surface area contributed by atoms with Gasteiger partial charge in [-0.25, -0.2) is 14.2 Å². The van der Waals surface area contributed by atoms with E-state index in [1.807, 2.05) is 16.8 Å². The highest BCUT2D eigenvalue weighted by atomic mass is 16.1. The molecule has 9 nitrogen and oxygen atoms in total. The van der Waals surface area contributed by atoms with Gasteiger partial charge in [0.25, 0.3) is 5.91 Å². The summed E-state index contributed by atoms with van der Waals surface area (Å²) in [4.78, 5) is 22.9. The van der Waals surface area contributed by atoms with Crippen molar-refractivity contribution in [2.45, 2.75) is 51.5 Å². The fraction of sp³-hybridized carbons (Fsp3) is 0.448. The second kappa shape index (κ2) is 10.7. The first kappa shape index (κ1) is 24.8. The lowest BCUT2D eigenvalue weighted by Gasteiger charge is -2.41. The van der Waals surface area contributed by atoms with Crippen LogP contribution in [0.5, 0.6) is 0 Å². The molecular formula is C29H36N8O.